The van der Waals surface area contributed by atoms with Gasteiger partial charge in [0.25, 0.3) is 5.91 Å². The molecule has 0 unspecified atom stereocenters. The fourth-order valence-electron chi connectivity index (χ4n) is 2.74. The molecule has 0 bridgehead atoms. The number of para-hydroxylation sites is 3. The van der Waals surface area contributed by atoms with Gasteiger partial charge in [0.05, 0.1) is 7.11 Å². The van der Waals surface area contributed by atoms with Gasteiger partial charge in [-0.25, -0.2) is 0 Å². The van der Waals surface area contributed by atoms with Crippen LogP contribution in [0, 0.1) is 6.92 Å². The molecule has 1 N–H and O–H groups in total. The Balaban J connectivity index is 2.21. The van der Waals surface area contributed by atoms with Gasteiger partial charge in [0.1, 0.15) is 0 Å². The molecule has 0 fully saturated rings. The summed E-state index contributed by atoms with van der Waals surface area (Å²) in [6.45, 7) is 8.17. The maximum Gasteiger partial charge on any atom is 0.265 e. The first-order valence-corrected chi connectivity index (χ1v) is 8.68. The van der Waals surface area contributed by atoms with Gasteiger partial charge in [0, 0.05) is 5.69 Å². The van der Waals surface area contributed by atoms with Crippen molar-refractivity contribution in [1.29, 1.82) is 0 Å². The lowest BCUT2D eigenvalue weighted by Crippen LogP contribution is -2.33. The number of benzene rings is 2. The number of rotatable bonds is 7. The van der Waals surface area contributed by atoms with Crippen LogP contribution in [-0.2, 0) is 4.79 Å². The molecule has 1 amide bonds. The van der Waals surface area contributed by atoms with Gasteiger partial charge in [-0.3, -0.25) is 4.79 Å². The average molecular weight is 341 g/mol. The number of nitrogens with one attached hydrogen (secondary N) is 1. The van der Waals surface area contributed by atoms with E-state index in [1.54, 1.807) is 7.11 Å². The smallest absolute Gasteiger partial charge is 0.265 e. The topological polar surface area (TPSA) is 47.6 Å². The SMILES string of the molecule is CC[C@H](Oc1ccccc1OC)C(=O)Nc1c(C)cccc1C(C)C. The number of hydrogen-bond acceptors (Lipinski definition) is 3. The Hall–Kier alpha value is -2.49. The van der Waals surface area contributed by atoms with Crippen molar-refractivity contribution in [3.63, 3.8) is 0 Å². The first kappa shape index (κ1) is 18.8. The highest BCUT2D eigenvalue weighted by Crippen LogP contribution is 2.30. The minimum Gasteiger partial charge on any atom is -0.493 e. The van der Waals surface area contributed by atoms with Gasteiger partial charge in [0.15, 0.2) is 17.6 Å². The second-order valence-electron chi connectivity index (χ2n) is 6.35. The average Bonchev–Trinajstić information content (AvgIpc) is 2.61. The molecule has 0 radical (unpaired) electrons. The summed E-state index contributed by atoms with van der Waals surface area (Å²) in [4.78, 5) is 12.8. The van der Waals surface area contributed by atoms with Crippen molar-refractivity contribution in [2.24, 2.45) is 0 Å². The molecule has 0 spiro atoms. The summed E-state index contributed by atoms with van der Waals surface area (Å²) in [6.07, 6.45) is -0.0248. The van der Waals surface area contributed by atoms with E-state index in [1.165, 1.54) is 0 Å². The van der Waals surface area contributed by atoms with Crippen molar-refractivity contribution >= 4 is 11.6 Å². The first-order chi connectivity index (χ1) is 12.0. The van der Waals surface area contributed by atoms with Gasteiger partial charge in [-0.1, -0.05) is 51.1 Å². The molecule has 0 aliphatic heterocycles. The molecule has 134 valence electrons. The summed E-state index contributed by atoms with van der Waals surface area (Å²) >= 11 is 0. The Morgan fingerprint density at radius 3 is 2.36 bits per heavy atom. The summed E-state index contributed by atoms with van der Waals surface area (Å²) in [7, 11) is 1.59. The molecule has 0 aromatic heterocycles. The van der Waals surface area contributed by atoms with Gasteiger partial charge < -0.3 is 14.8 Å². The van der Waals surface area contributed by atoms with E-state index in [-0.39, 0.29) is 5.91 Å². The second-order valence-corrected chi connectivity index (χ2v) is 6.35. The molecular weight excluding hydrogens is 314 g/mol. The van der Waals surface area contributed by atoms with Gasteiger partial charge in [-0.15, -0.1) is 0 Å². The zero-order chi connectivity index (χ0) is 18.4. The number of amides is 1. The lowest BCUT2D eigenvalue weighted by atomic mass is 9.98. The number of methoxy groups -OCH3 is 1. The maximum absolute atomic E-state index is 12.8. The molecule has 4 heteroatoms. The number of hydrogen-bond donors (Lipinski definition) is 1. The summed E-state index contributed by atoms with van der Waals surface area (Å²) in [5, 5.41) is 3.06. The van der Waals surface area contributed by atoms with Crippen LogP contribution in [0.25, 0.3) is 0 Å². The molecule has 0 saturated heterocycles. The van der Waals surface area contributed by atoms with Crippen LogP contribution in [0.15, 0.2) is 42.5 Å². The van der Waals surface area contributed by atoms with Crippen LogP contribution >= 0.6 is 0 Å². The second kappa shape index (κ2) is 8.56. The lowest BCUT2D eigenvalue weighted by molar-refractivity contribution is -0.122. The largest absolute Gasteiger partial charge is 0.493 e. The van der Waals surface area contributed by atoms with Crippen molar-refractivity contribution in [3.05, 3.63) is 53.6 Å². The lowest BCUT2D eigenvalue weighted by Gasteiger charge is -2.21. The van der Waals surface area contributed by atoms with Crippen molar-refractivity contribution in [2.45, 2.75) is 46.1 Å². The van der Waals surface area contributed by atoms with Gasteiger partial charge in [0.2, 0.25) is 0 Å². The Bertz CT molecular complexity index is 725. The van der Waals surface area contributed by atoms with Gasteiger partial charge in [-0.2, -0.15) is 0 Å². The number of ether oxygens (including phenoxy) is 2. The fraction of sp³-hybridized carbons (Fsp3) is 0.381. The molecule has 4 nitrogen and oxygen atoms in total. The van der Waals surface area contributed by atoms with E-state index in [9.17, 15) is 4.79 Å². The van der Waals surface area contributed by atoms with Gasteiger partial charge >= 0.3 is 0 Å². The summed E-state index contributed by atoms with van der Waals surface area (Å²) in [5.74, 6) is 1.36. The van der Waals surface area contributed by atoms with E-state index in [1.807, 2.05) is 50.2 Å². The quantitative estimate of drug-likeness (QED) is 0.777. The van der Waals surface area contributed by atoms with Crippen LogP contribution in [0.4, 0.5) is 5.69 Å². The molecule has 0 saturated carbocycles. The van der Waals surface area contributed by atoms with Crippen LogP contribution in [0.3, 0.4) is 0 Å². The van der Waals surface area contributed by atoms with Crippen molar-refractivity contribution < 1.29 is 14.3 Å². The van der Waals surface area contributed by atoms with E-state index in [0.717, 1.165) is 16.8 Å². The van der Waals surface area contributed by atoms with Crippen LogP contribution < -0.4 is 14.8 Å². The predicted octanol–water partition coefficient (Wildman–Crippen LogP) is 4.92. The summed E-state index contributed by atoms with van der Waals surface area (Å²) < 4.78 is 11.2. The molecule has 0 aliphatic rings. The van der Waals surface area contributed by atoms with Crippen molar-refractivity contribution in [3.8, 4) is 11.5 Å². The summed E-state index contributed by atoms with van der Waals surface area (Å²) in [5.41, 5.74) is 3.05. The fourth-order valence-corrected chi connectivity index (χ4v) is 2.74. The van der Waals surface area contributed by atoms with Crippen molar-refractivity contribution in [2.75, 3.05) is 12.4 Å². The maximum atomic E-state index is 12.8. The highest BCUT2D eigenvalue weighted by atomic mass is 16.5. The Labute approximate surface area is 150 Å². The predicted molar refractivity (Wildman–Crippen MR) is 102 cm³/mol. The molecule has 1 atom stereocenters. The highest BCUT2D eigenvalue weighted by molar-refractivity contribution is 5.95. The summed E-state index contributed by atoms with van der Waals surface area (Å²) in [6, 6.07) is 13.4. The molecule has 0 aliphatic carbocycles. The van der Waals surface area contributed by atoms with Crippen LogP contribution in [0.5, 0.6) is 11.5 Å². The third-order valence-electron chi connectivity index (χ3n) is 4.18. The minimum atomic E-state index is -0.587. The molecule has 25 heavy (non-hydrogen) atoms. The Morgan fingerprint density at radius 1 is 1.08 bits per heavy atom. The Kier molecular flexibility index (Phi) is 6.45. The monoisotopic (exact) mass is 341 g/mol. The van der Waals surface area contributed by atoms with E-state index < -0.39 is 6.10 Å². The van der Waals surface area contributed by atoms with Crippen LogP contribution in [0.1, 0.15) is 44.2 Å². The zero-order valence-corrected chi connectivity index (χ0v) is 15.6. The van der Waals surface area contributed by atoms with Crippen LogP contribution in [-0.4, -0.2) is 19.1 Å². The standard InChI is InChI=1S/C21H27NO3/c1-6-17(25-19-13-8-7-12-18(19)24-5)21(23)22-20-15(4)10-9-11-16(20)14(2)3/h7-14,17H,6H2,1-5H3,(H,22,23)/t17-/m0/s1. The van der Waals surface area contributed by atoms with Gasteiger partial charge in [-0.05, 0) is 42.5 Å². The number of aryl methyl sites for hydroxylation is 1. The third-order valence-corrected chi connectivity index (χ3v) is 4.18. The Morgan fingerprint density at radius 2 is 1.76 bits per heavy atom. The number of anilines is 1. The third kappa shape index (κ3) is 4.53. The van der Waals surface area contributed by atoms with E-state index >= 15 is 0 Å². The van der Waals surface area contributed by atoms with E-state index in [2.05, 4.69) is 25.2 Å². The zero-order valence-electron chi connectivity index (χ0n) is 15.6. The van der Waals surface area contributed by atoms with Crippen molar-refractivity contribution in [1.82, 2.24) is 0 Å². The van der Waals surface area contributed by atoms with E-state index in [0.29, 0.717) is 23.8 Å². The minimum absolute atomic E-state index is 0.149. The first-order valence-electron chi connectivity index (χ1n) is 8.68. The molecule has 0 heterocycles. The van der Waals surface area contributed by atoms with Crippen LogP contribution in [0.2, 0.25) is 0 Å². The molecule has 2 rings (SSSR count). The molecule has 2 aromatic rings. The molecular formula is C21H27NO3. The number of carbonyl (C=O) groups excluding carboxylic acids is 1. The molecule has 2 aromatic carbocycles. The normalized spacial score (nSPS) is 11.9. The van der Waals surface area contributed by atoms with E-state index in [4.69, 9.17) is 9.47 Å². The number of carbonyl (C=O) groups is 1. The highest BCUT2D eigenvalue weighted by Gasteiger charge is 2.22.